The lowest BCUT2D eigenvalue weighted by Crippen LogP contribution is -2.36. The van der Waals surface area contributed by atoms with E-state index >= 15 is 0 Å². The van der Waals surface area contributed by atoms with Gasteiger partial charge in [0.15, 0.2) is 0 Å². The number of ether oxygens (including phenoxy) is 2. The van der Waals surface area contributed by atoms with Crippen molar-refractivity contribution < 1.29 is 19.1 Å². The molecule has 4 unspecified atom stereocenters. The predicted molar refractivity (Wildman–Crippen MR) is 189 cm³/mol. The molecule has 0 saturated carbocycles. The molecule has 0 bridgehead atoms. The van der Waals surface area contributed by atoms with Gasteiger partial charge >= 0.3 is 0 Å². The summed E-state index contributed by atoms with van der Waals surface area (Å²) in [6, 6.07) is 15.1. The minimum atomic E-state index is -0.0597. The Balaban J connectivity index is 1.07. The zero-order valence-corrected chi connectivity index (χ0v) is 28.7. The fraction of sp³-hybridized carbons (Fsp3) is 0.436. The van der Waals surface area contributed by atoms with Crippen molar-refractivity contribution in [2.45, 2.75) is 84.0 Å². The summed E-state index contributed by atoms with van der Waals surface area (Å²) in [5.41, 5.74) is 7.17. The summed E-state index contributed by atoms with van der Waals surface area (Å²) < 4.78 is 11.6. The number of likely N-dealkylation sites (tertiary alicyclic amines) is 2. The molecule has 2 fully saturated rings. The van der Waals surface area contributed by atoms with Crippen LogP contribution in [0, 0.1) is 5.92 Å². The van der Waals surface area contributed by atoms with Gasteiger partial charge in [0.1, 0.15) is 24.0 Å². The molecule has 2 N–H and O–H groups in total. The highest BCUT2D eigenvalue weighted by Gasteiger charge is 2.37. The molecule has 5 aromatic rings. The fourth-order valence-corrected chi connectivity index (χ4v) is 8.21. The lowest BCUT2D eigenvalue weighted by Gasteiger charge is -2.27. The van der Waals surface area contributed by atoms with E-state index < -0.39 is 0 Å². The summed E-state index contributed by atoms with van der Waals surface area (Å²) in [5, 5.41) is 2.13. The minimum Gasteiger partial charge on any atom is -0.488 e. The van der Waals surface area contributed by atoms with E-state index in [1.54, 1.807) is 7.11 Å². The van der Waals surface area contributed by atoms with Crippen LogP contribution in [0.25, 0.3) is 44.2 Å². The molecule has 10 nitrogen and oxygen atoms in total. The van der Waals surface area contributed by atoms with Crippen molar-refractivity contribution in [3.05, 3.63) is 65.9 Å². The molecular formula is C39H44N6O4. The zero-order valence-electron chi connectivity index (χ0n) is 28.7. The number of imidazole rings is 2. The highest BCUT2D eigenvalue weighted by molar-refractivity contribution is 6.07. The third-order valence-corrected chi connectivity index (χ3v) is 10.7. The first kappa shape index (κ1) is 31.6. The summed E-state index contributed by atoms with van der Waals surface area (Å²) in [7, 11) is 1.62. The van der Waals surface area contributed by atoms with Crippen molar-refractivity contribution in [3.63, 3.8) is 0 Å². The third kappa shape index (κ3) is 5.56. The number of aromatic nitrogens is 4. The average Bonchev–Trinajstić information content (AvgIpc) is 3.91. The van der Waals surface area contributed by atoms with Gasteiger partial charge < -0.3 is 29.2 Å². The summed E-state index contributed by atoms with van der Waals surface area (Å²) >= 11 is 0. The number of aromatic amines is 2. The normalized spacial score (nSPS) is 21.7. The molecule has 3 aromatic carbocycles. The molecule has 49 heavy (non-hydrogen) atoms. The first-order valence-electron chi connectivity index (χ1n) is 17.7. The quantitative estimate of drug-likeness (QED) is 0.179. The van der Waals surface area contributed by atoms with Crippen LogP contribution in [0.3, 0.4) is 0 Å². The molecule has 2 amide bonds. The van der Waals surface area contributed by atoms with Gasteiger partial charge in [0, 0.05) is 37.1 Å². The Labute approximate surface area is 286 Å². The van der Waals surface area contributed by atoms with Crippen molar-refractivity contribution in [1.82, 2.24) is 29.7 Å². The number of methoxy groups -OCH3 is 1. The Morgan fingerprint density at radius 2 is 1.86 bits per heavy atom. The van der Waals surface area contributed by atoms with Gasteiger partial charge in [-0.25, -0.2) is 9.97 Å². The van der Waals surface area contributed by atoms with Crippen LogP contribution in [0.15, 0.2) is 48.7 Å². The first-order chi connectivity index (χ1) is 23.8. The van der Waals surface area contributed by atoms with Gasteiger partial charge in [-0.3, -0.25) is 9.59 Å². The van der Waals surface area contributed by atoms with Crippen LogP contribution >= 0.6 is 0 Å². The number of hydrogen-bond donors (Lipinski definition) is 2. The number of carbonyl (C=O) groups is 2. The molecule has 2 saturated heterocycles. The summed E-state index contributed by atoms with van der Waals surface area (Å²) in [5.74, 6) is 3.29. The largest absolute Gasteiger partial charge is 0.488 e. The van der Waals surface area contributed by atoms with E-state index in [0.29, 0.717) is 32.0 Å². The van der Waals surface area contributed by atoms with Gasteiger partial charge in [0.2, 0.25) is 11.8 Å². The highest BCUT2D eigenvalue weighted by Crippen LogP contribution is 2.44. The number of hydrogen-bond acceptors (Lipinski definition) is 6. The number of fused-ring (bicyclic) bond motifs is 6. The highest BCUT2D eigenvalue weighted by atomic mass is 16.5. The molecule has 3 aliphatic rings. The molecule has 2 aromatic heterocycles. The Bertz CT molecular complexity index is 2070. The molecule has 0 radical (unpaired) electrons. The maximum Gasteiger partial charge on any atom is 0.225 e. The molecule has 4 atom stereocenters. The second-order valence-corrected chi connectivity index (χ2v) is 14.1. The smallest absolute Gasteiger partial charge is 0.225 e. The Morgan fingerprint density at radius 1 is 0.980 bits per heavy atom. The molecule has 0 aliphatic carbocycles. The SMILES string of the molecule is CCCC(=O)N1CC(C)CC1c1nc2c(ccc3cc4c(cc32)OCc2cc(-c3cnc(C5CCC(C)N5C(=O)CCOC)[nH]3)ccc2-4)[nH]1. The summed E-state index contributed by atoms with van der Waals surface area (Å²) in [6.45, 7) is 8.02. The Morgan fingerprint density at radius 3 is 2.69 bits per heavy atom. The third-order valence-electron chi connectivity index (χ3n) is 10.7. The molecule has 5 heterocycles. The maximum absolute atomic E-state index is 13.0. The number of rotatable bonds is 8. The van der Waals surface area contributed by atoms with Crippen LogP contribution in [0.2, 0.25) is 0 Å². The van der Waals surface area contributed by atoms with E-state index in [2.05, 4.69) is 73.2 Å². The average molecular weight is 661 g/mol. The number of nitrogens with zero attached hydrogens (tertiary/aromatic N) is 4. The lowest BCUT2D eigenvalue weighted by molar-refractivity contribution is -0.135. The van der Waals surface area contributed by atoms with Crippen molar-refractivity contribution in [3.8, 4) is 28.1 Å². The Hall–Kier alpha value is -4.70. The van der Waals surface area contributed by atoms with Gasteiger partial charge in [0.05, 0.1) is 48.0 Å². The van der Waals surface area contributed by atoms with Crippen LogP contribution in [-0.4, -0.2) is 67.9 Å². The summed E-state index contributed by atoms with van der Waals surface area (Å²) in [4.78, 5) is 46.8. The van der Waals surface area contributed by atoms with E-state index in [1.165, 1.54) is 0 Å². The first-order valence-corrected chi connectivity index (χ1v) is 17.7. The van der Waals surface area contributed by atoms with Gasteiger partial charge in [-0.05, 0) is 84.9 Å². The van der Waals surface area contributed by atoms with E-state index in [1.807, 2.05) is 16.0 Å². The standard InChI is InChI=1S/C39H44N6O4/c1-5-6-35(46)44-20-22(2)15-33(44)39-41-30-11-9-24-17-29-27-10-8-25(16-26(27)21-49-34(29)18-28(24)37(30)43-39)31-19-40-38(42-31)32-12-7-23(3)45(32)36(47)13-14-48-4/h8-11,16-19,22-23,32-33H,5-7,12-15,20-21H2,1-4H3,(H,40,42)(H,41,43). The predicted octanol–water partition coefficient (Wildman–Crippen LogP) is 7.46. The van der Waals surface area contributed by atoms with Gasteiger partial charge in [-0.1, -0.05) is 32.0 Å². The van der Waals surface area contributed by atoms with Crippen LogP contribution in [0.5, 0.6) is 5.75 Å². The van der Waals surface area contributed by atoms with Crippen LogP contribution < -0.4 is 4.74 Å². The molecule has 3 aliphatic heterocycles. The number of H-pyrrole nitrogens is 2. The Kier molecular flexibility index (Phi) is 8.14. The van der Waals surface area contributed by atoms with Crippen LogP contribution in [-0.2, 0) is 20.9 Å². The molecule has 8 rings (SSSR count). The van der Waals surface area contributed by atoms with E-state index in [9.17, 15) is 9.59 Å². The van der Waals surface area contributed by atoms with E-state index in [4.69, 9.17) is 19.4 Å². The van der Waals surface area contributed by atoms with Crippen LogP contribution in [0.1, 0.15) is 88.6 Å². The zero-order chi connectivity index (χ0) is 33.8. The van der Waals surface area contributed by atoms with Crippen molar-refractivity contribution >= 4 is 33.6 Å². The monoisotopic (exact) mass is 660 g/mol. The van der Waals surface area contributed by atoms with Gasteiger partial charge in [-0.15, -0.1) is 0 Å². The van der Waals surface area contributed by atoms with Crippen molar-refractivity contribution in [1.29, 1.82) is 0 Å². The second kappa shape index (κ2) is 12.6. The van der Waals surface area contributed by atoms with Crippen LogP contribution in [0.4, 0.5) is 0 Å². The van der Waals surface area contributed by atoms with Gasteiger partial charge in [0.25, 0.3) is 0 Å². The molecule has 0 spiro atoms. The minimum absolute atomic E-state index is 0.0264. The van der Waals surface area contributed by atoms with Gasteiger partial charge in [-0.2, -0.15) is 0 Å². The van der Waals surface area contributed by atoms with Crippen molar-refractivity contribution in [2.24, 2.45) is 5.92 Å². The van der Waals surface area contributed by atoms with Crippen molar-refractivity contribution in [2.75, 3.05) is 20.3 Å². The molecule has 254 valence electrons. The molecule has 10 heteroatoms. The second-order valence-electron chi connectivity index (χ2n) is 14.1. The van der Waals surface area contributed by atoms with E-state index in [0.717, 1.165) is 99.4 Å². The number of nitrogens with one attached hydrogen (secondary N) is 2. The topological polar surface area (TPSA) is 116 Å². The fourth-order valence-electron chi connectivity index (χ4n) is 8.21. The maximum atomic E-state index is 13.0. The molecular weight excluding hydrogens is 616 g/mol. The summed E-state index contributed by atoms with van der Waals surface area (Å²) in [6.07, 6.45) is 6.42. The number of amides is 2. The lowest BCUT2D eigenvalue weighted by atomic mass is 9.92. The number of carbonyl (C=O) groups excluding carboxylic acids is 2. The number of benzene rings is 3. The van der Waals surface area contributed by atoms with E-state index in [-0.39, 0.29) is 29.9 Å².